The predicted octanol–water partition coefficient (Wildman–Crippen LogP) is 0.0422. The Morgan fingerprint density at radius 1 is 0.969 bits per heavy atom. The molecule has 172 valence electrons. The molecular formula is C18H15NO11S2-2. The summed E-state index contributed by atoms with van der Waals surface area (Å²) in [4.78, 5) is 23.9. The SMILES string of the molecule is COC(=O)C1=C(C(=O)OC)N(c2ccc3c(S(=O)(=O)[O-])cc(S(=O)(=O)[O-])cc3c2)COC1. The molecule has 14 heteroatoms. The summed E-state index contributed by atoms with van der Waals surface area (Å²) in [7, 11) is -8.04. The highest BCUT2D eigenvalue weighted by Crippen LogP contribution is 2.33. The van der Waals surface area contributed by atoms with Gasteiger partial charge >= 0.3 is 11.9 Å². The van der Waals surface area contributed by atoms with Crippen LogP contribution in [0.1, 0.15) is 0 Å². The predicted molar refractivity (Wildman–Crippen MR) is 104 cm³/mol. The standard InChI is InChI=1S/C18H17NO11S2/c1-28-17(20)14-8-30-9-19(16(14)18(21)29-2)11-3-4-13-10(5-11)6-12(31(22,23)24)7-15(13)32(25,26)27/h3-7H,8-9H2,1-2H3,(H,22,23,24)(H,25,26,27)/p-2. The number of ether oxygens (including phenoxy) is 3. The van der Waals surface area contributed by atoms with E-state index in [2.05, 4.69) is 4.74 Å². The van der Waals surface area contributed by atoms with E-state index in [4.69, 9.17) is 9.47 Å². The van der Waals surface area contributed by atoms with Gasteiger partial charge in [0.15, 0.2) is 0 Å². The van der Waals surface area contributed by atoms with E-state index in [1.165, 1.54) is 23.1 Å². The van der Waals surface area contributed by atoms with E-state index in [0.29, 0.717) is 6.07 Å². The van der Waals surface area contributed by atoms with Gasteiger partial charge in [0.1, 0.15) is 32.7 Å². The molecular weight excluding hydrogens is 470 g/mol. The van der Waals surface area contributed by atoms with Crippen LogP contribution in [0, 0.1) is 0 Å². The molecule has 3 rings (SSSR count). The number of hydrogen-bond acceptors (Lipinski definition) is 12. The Morgan fingerprint density at radius 3 is 2.19 bits per heavy atom. The Bertz CT molecular complexity index is 1360. The summed E-state index contributed by atoms with van der Waals surface area (Å²) in [6, 6.07) is 5.12. The van der Waals surface area contributed by atoms with E-state index in [1.807, 2.05) is 0 Å². The fourth-order valence-corrected chi connectivity index (χ4v) is 4.50. The van der Waals surface area contributed by atoms with Crippen molar-refractivity contribution in [1.82, 2.24) is 0 Å². The van der Waals surface area contributed by atoms with E-state index >= 15 is 0 Å². The Morgan fingerprint density at radius 2 is 1.62 bits per heavy atom. The molecule has 1 aliphatic heterocycles. The minimum atomic E-state index is -5.14. The van der Waals surface area contributed by atoms with Gasteiger partial charge in [-0.25, -0.2) is 26.4 Å². The van der Waals surface area contributed by atoms with Crippen LogP contribution in [-0.2, 0) is 44.0 Å². The summed E-state index contributed by atoms with van der Waals surface area (Å²) in [5.74, 6) is -1.75. The van der Waals surface area contributed by atoms with Crippen LogP contribution in [0.25, 0.3) is 10.8 Å². The average molecular weight is 485 g/mol. The van der Waals surface area contributed by atoms with Crippen LogP contribution in [0.2, 0.25) is 0 Å². The highest BCUT2D eigenvalue weighted by atomic mass is 32.2. The lowest BCUT2D eigenvalue weighted by Gasteiger charge is -2.31. The van der Waals surface area contributed by atoms with Gasteiger partial charge in [-0.1, -0.05) is 6.07 Å². The van der Waals surface area contributed by atoms with Crippen molar-refractivity contribution in [3.05, 3.63) is 41.6 Å². The summed E-state index contributed by atoms with van der Waals surface area (Å²) < 4.78 is 84.1. The van der Waals surface area contributed by atoms with Crippen LogP contribution >= 0.6 is 0 Å². The van der Waals surface area contributed by atoms with E-state index in [0.717, 1.165) is 20.3 Å². The lowest BCUT2D eigenvalue weighted by molar-refractivity contribution is -0.140. The van der Waals surface area contributed by atoms with Crippen molar-refractivity contribution in [3.8, 4) is 0 Å². The molecule has 1 aliphatic rings. The summed E-state index contributed by atoms with van der Waals surface area (Å²) >= 11 is 0. The largest absolute Gasteiger partial charge is 0.744 e. The molecule has 2 aromatic rings. The summed E-state index contributed by atoms with van der Waals surface area (Å²) in [5, 5.41) is -0.242. The first-order valence-corrected chi connectivity index (χ1v) is 11.4. The zero-order chi connectivity index (χ0) is 23.8. The molecule has 0 atom stereocenters. The fraction of sp³-hybridized carbons (Fsp3) is 0.222. The lowest BCUT2D eigenvalue weighted by atomic mass is 10.1. The molecule has 0 fully saturated rings. The van der Waals surface area contributed by atoms with Gasteiger partial charge in [-0.15, -0.1) is 0 Å². The number of benzene rings is 2. The molecule has 0 bridgehead atoms. The van der Waals surface area contributed by atoms with E-state index in [-0.39, 0.29) is 41.1 Å². The van der Waals surface area contributed by atoms with Crippen molar-refractivity contribution >= 4 is 48.6 Å². The maximum atomic E-state index is 12.4. The molecule has 2 aromatic carbocycles. The summed E-state index contributed by atoms with van der Waals surface area (Å²) in [6.45, 7) is -0.485. The van der Waals surface area contributed by atoms with Gasteiger partial charge in [-0.2, -0.15) is 0 Å². The third-order valence-electron chi connectivity index (χ3n) is 4.57. The Balaban J connectivity index is 2.29. The second-order valence-electron chi connectivity index (χ2n) is 6.45. The Kier molecular flexibility index (Phi) is 6.26. The molecule has 0 unspecified atom stereocenters. The van der Waals surface area contributed by atoms with Gasteiger partial charge in [0.2, 0.25) is 0 Å². The second-order valence-corrected chi connectivity index (χ2v) is 9.18. The quantitative estimate of drug-likeness (QED) is 0.410. The van der Waals surface area contributed by atoms with Crippen LogP contribution in [0.5, 0.6) is 0 Å². The number of carbonyl (C=O) groups is 2. The van der Waals surface area contributed by atoms with Crippen LogP contribution < -0.4 is 4.90 Å². The summed E-state index contributed by atoms with van der Waals surface area (Å²) in [6.07, 6.45) is 0. The van der Waals surface area contributed by atoms with Crippen LogP contribution in [0.15, 0.2) is 51.4 Å². The average Bonchev–Trinajstić information content (AvgIpc) is 2.74. The van der Waals surface area contributed by atoms with Gasteiger partial charge < -0.3 is 28.2 Å². The zero-order valence-corrected chi connectivity index (χ0v) is 18.2. The third-order valence-corrected chi connectivity index (χ3v) is 6.26. The molecule has 32 heavy (non-hydrogen) atoms. The number of hydrogen-bond donors (Lipinski definition) is 0. The number of esters is 2. The Hall–Kier alpha value is -3.04. The molecule has 0 amide bonds. The smallest absolute Gasteiger partial charge is 0.355 e. The van der Waals surface area contributed by atoms with Gasteiger partial charge in [0.05, 0.1) is 36.2 Å². The van der Waals surface area contributed by atoms with Gasteiger partial charge in [0.25, 0.3) is 0 Å². The highest BCUT2D eigenvalue weighted by molar-refractivity contribution is 7.86. The topological polar surface area (TPSA) is 179 Å². The van der Waals surface area contributed by atoms with Gasteiger partial charge in [-0.3, -0.25) is 0 Å². The fourth-order valence-electron chi connectivity index (χ4n) is 3.16. The zero-order valence-electron chi connectivity index (χ0n) is 16.6. The monoisotopic (exact) mass is 485 g/mol. The minimum absolute atomic E-state index is 0.0942. The van der Waals surface area contributed by atoms with Crippen LogP contribution in [0.3, 0.4) is 0 Å². The molecule has 0 N–H and O–H groups in total. The van der Waals surface area contributed by atoms with Crippen molar-refractivity contribution in [2.24, 2.45) is 0 Å². The molecule has 0 aromatic heterocycles. The van der Waals surface area contributed by atoms with Gasteiger partial charge in [0, 0.05) is 5.69 Å². The van der Waals surface area contributed by atoms with Crippen molar-refractivity contribution in [3.63, 3.8) is 0 Å². The molecule has 0 saturated heterocycles. The number of methoxy groups -OCH3 is 2. The number of anilines is 1. The molecule has 12 nitrogen and oxygen atoms in total. The first kappa shape index (κ1) is 23.6. The number of fused-ring (bicyclic) bond motifs is 1. The Labute approximate surface area is 182 Å². The molecule has 0 spiro atoms. The molecule has 0 saturated carbocycles. The first-order chi connectivity index (χ1) is 14.9. The number of nitrogens with zero attached hydrogens (tertiary/aromatic N) is 1. The van der Waals surface area contributed by atoms with Crippen molar-refractivity contribution in [2.75, 3.05) is 32.5 Å². The molecule has 0 aliphatic carbocycles. The first-order valence-electron chi connectivity index (χ1n) is 8.63. The summed E-state index contributed by atoms with van der Waals surface area (Å²) in [5.41, 5.74) is -0.215. The van der Waals surface area contributed by atoms with E-state index in [9.17, 15) is 35.5 Å². The van der Waals surface area contributed by atoms with Crippen molar-refractivity contribution in [2.45, 2.75) is 9.79 Å². The molecule has 1 heterocycles. The number of carbonyl (C=O) groups excluding carboxylic acids is 2. The maximum Gasteiger partial charge on any atom is 0.355 e. The molecule has 0 radical (unpaired) electrons. The van der Waals surface area contributed by atoms with E-state index < -0.39 is 42.0 Å². The maximum absolute atomic E-state index is 12.4. The lowest BCUT2D eigenvalue weighted by Crippen LogP contribution is -2.38. The second kappa shape index (κ2) is 8.48. The van der Waals surface area contributed by atoms with Crippen molar-refractivity contribution in [1.29, 1.82) is 0 Å². The highest BCUT2D eigenvalue weighted by Gasteiger charge is 2.32. The third kappa shape index (κ3) is 4.44. The van der Waals surface area contributed by atoms with Crippen LogP contribution in [-0.4, -0.2) is 65.4 Å². The van der Waals surface area contributed by atoms with E-state index in [1.54, 1.807) is 0 Å². The van der Waals surface area contributed by atoms with Crippen LogP contribution in [0.4, 0.5) is 5.69 Å². The van der Waals surface area contributed by atoms with Crippen molar-refractivity contribution < 1.29 is 49.7 Å². The minimum Gasteiger partial charge on any atom is -0.744 e. The number of rotatable bonds is 5. The van der Waals surface area contributed by atoms with Gasteiger partial charge in [-0.05, 0) is 35.0 Å². The normalized spacial score (nSPS) is 15.1.